The predicted molar refractivity (Wildman–Crippen MR) is 64.3 cm³/mol. The quantitative estimate of drug-likeness (QED) is 0.836. The van der Waals surface area contributed by atoms with Gasteiger partial charge in [0.15, 0.2) is 11.6 Å². The lowest BCUT2D eigenvalue weighted by Crippen LogP contribution is -2.33. The van der Waals surface area contributed by atoms with Crippen LogP contribution < -0.4 is 10.2 Å². The molecule has 1 aromatic rings. The zero-order chi connectivity index (χ0) is 12.1. The van der Waals surface area contributed by atoms with Crippen molar-refractivity contribution >= 4 is 11.8 Å². The number of nitrogens with zero attached hydrogens (tertiary/aromatic N) is 3. The highest BCUT2D eigenvalue weighted by Crippen LogP contribution is 2.19. The van der Waals surface area contributed by atoms with E-state index >= 15 is 0 Å². The Morgan fingerprint density at radius 1 is 1.50 bits per heavy atom. The lowest BCUT2D eigenvalue weighted by atomic mass is 10.3. The molecule has 4 nitrogen and oxygen atoms in total. The lowest BCUT2D eigenvalue weighted by Gasteiger charge is -2.27. The van der Waals surface area contributed by atoms with Crippen molar-refractivity contribution in [1.82, 2.24) is 9.97 Å². The summed E-state index contributed by atoms with van der Waals surface area (Å²) in [6.45, 7) is 6.90. The Morgan fingerprint density at radius 2 is 2.19 bits per heavy atom. The summed E-state index contributed by atoms with van der Waals surface area (Å²) in [4.78, 5) is 9.94. The Kier molecular flexibility index (Phi) is 4.46. The highest BCUT2D eigenvalue weighted by molar-refractivity contribution is 5.44. The molecule has 1 aromatic heterocycles. The van der Waals surface area contributed by atoms with Gasteiger partial charge in [-0.1, -0.05) is 6.92 Å². The maximum atomic E-state index is 13.6. The average Bonchev–Trinajstić information content (AvgIpc) is 2.27. The molecule has 5 heteroatoms. The molecule has 0 aliphatic rings. The van der Waals surface area contributed by atoms with Crippen LogP contribution in [0.25, 0.3) is 0 Å². The molecule has 16 heavy (non-hydrogen) atoms. The van der Waals surface area contributed by atoms with E-state index < -0.39 is 0 Å². The monoisotopic (exact) mass is 226 g/mol. The first-order valence-corrected chi connectivity index (χ1v) is 5.57. The largest absolute Gasteiger partial charge is 0.357 e. The van der Waals surface area contributed by atoms with E-state index in [2.05, 4.69) is 22.2 Å². The van der Waals surface area contributed by atoms with Gasteiger partial charge in [-0.25, -0.2) is 9.37 Å². The molecule has 0 aliphatic heterocycles. The van der Waals surface area contributed by atoms with Crippen molar-refractivity contribution < 1.29 is 4.39 Å². The van der Waals surface area contributed by atoms with Crippen molar-refractivity contribution in [3.05, 3.63) is 12.0 Å². The molecule has 0 saturated heterocycles. The highest BCUT2D eigenvalue weighted by Gasteiger charge is 2.16. The average molecular weight is 226 g/mol. The predicted octanol–water partition coefficient (Wildman–Crippen LogP) is 2.28. The molecule has 0 atom stereocenters. The first-order chi connectivity index (χ1) is 7.60. The van der Waals surface area contributed by atoms with Crippen molar-refractivity contribution in [2.75, 3.05) is 23.8 Å². The molecule has 0 spiro atoms. The SMILES string of the molecule is CCCN(c1nc(NC)ncc1F)C(C)C. The van der Waals surface area contributed by atoms with E-state index in [4.69, 9.17) is 0 Å². The minimum atomic E-state index is -0.374. The fourth-order valence-electron chi connectivity index (χ4n) is 1.53. The second-order valence-corrected chi connectivity index (χ2v) is 3.90. The Hall–Kier alpha value is -1.39. The minimum absolute atomic E-state index is 0.217. The van der Waals surface area contributed by atoms with E-state index in [0.717, 1.165) is 13.0 Å². The second-order valence-electron chi connectivity index (χ2n) is 3.90. The van der Waals surface area contributed by atoms with Gasteiger partial charge in [0.1, 0.15) is 0 Å². The molecule has 0 amide bonds. The first kappa shape index (κ1) is 12.7. The molecule has 1 heterocycles. The molecular weight excluding hydrogens is 207 g/mol. The van der Waals surface area contributed by atoms with Crippen LogP contribution in [0, 0.1) is 5.82 Å². The van der Waals surface area contributed by atoms with Gasteiger partial charge in [0.2, 0.25) is 5.95 Å². The number of rotatable bonds is 5. The Bertz CT molecular complexity index is 341. The minimum Gasteiger partial charge on any atom is -0.357 e. The van der Waals surface area contributed by atoms with Gasteiger partial charge in [-0.15, -0.1) is 0 Å². The normalized spacial score (nSPS) is 10.6. The Balaban J connectivity index is 3.06. The van der Waals surface area contributed by atoms with Crippen LogP contribution in [0.2, 0.25) is 0 Å². The second kappa shape index (κ2) is 5.63. The number of hydrogen-bond donors (Lipinski definition) is 1. The fourth-order valence-corrected chi connectivity index (χ4v) is 1.53. The van der Waals surface area contributed by atoms with Crippen molar-refractivity contribution in [2.24, 2.45) is 0 Å². The van der Waals surface area contributed by atoms with E-state index in [9.17, 15) is 4.39 Å². The third-order valence-electron chi connectivity index (χ3n) is 2.31. The van der Waals surface area contributed by atoms with Gasteiger partial charge in [-0.2, -0.15) is 4.98 Å². The molecule has 1 N–H and O–H groups in total. The third-order valence-corrected chi connectivity index (χ3v) is 2.31. The summed E-state index contributed by atoms with van der Waals surface area (Å²) < 4.78 is 13.6. The van der Waals surface area contributed by atoms with Crippen molar-refractivity contribution in [1.29, 1.82) is 0 Å². The molecule has 0 aromatic carbocycles. The van der Waals surface area contributed by atoms with Crippen molar-refractivity contribution in [2.45, 2.75) is 33.2 Å². The van der Waals surface area contributed by atoms with Crippen molar-refractivity contribution in [3.8, 4) is 0 Å². The van der Waals surface area contributed by atoms with Crippen LogP contribution >= 0.6 is 0 Å². The summed E-state index contributed by atoms with van der Waals surface area (Å²) in [5, 5.41) is 2.81. The van der Waals surface area contributed by atoms with E-state index in [1.807, 2.05) is 18.7 Å². The molecule has 0 bridgehead atoms. The maximum Gasteiger partial charge on any atom is 0.224 e. The molecule has 1 rings (SSSR count). The third kappa shape index (κ3) is 2.81. The van der Waals surface area contributed by atoms with E-state index in [-0.39, 0.29) is 11.9 Å². The number of halogens is 1. The van der Waals surface area contributed by atoms with E-state index in [1.165, 1.54) is 6.20 Å². The molecule has 0 unspecified atom stereocenters. The van der Waals surface area contributed by atoms with Crippen LogP contribution in [0.3, 0.4) is 0 Å². The summed E-state index contributed by atoms with van der Waals surface area (Å²) in [7, 11) is 1.72. The van der Waals surface area contributed by atoms with E-state index in [1.54, 1.807) is 7.05 Å². The van der Waals surface area contributed by atoms with Crippen LogP contribution in [0.4, 0.5) is 16.2 Å². The molecule has 0 saturated carbocycles. The number of nitrogens with one attached hydrogen (secondary N) is 1. The first-order valence-electron chi connectivity index (χ1n) is 5.57. The zero-order valence-corrected chi connectivity index (χ0v) is 10.3. The fraction of sp³-hybridized carbons (Fsp3) is 0.636. The molecule has 0 radical (unpaired) electrons. The highest BCUT2D eigenvalue weighted by atomic mass is 19.1. The van der Waals surface area contributed by atoms with Crippen LogP contribution in [0.5, 0.6) is 0 Å². The van der Waals surface area contributed by atoms with Gasteiger partial charge in [0, 0.05) is 19.6 Å². The standard InChI is InChI=1S/C11H19FN4/c1-5-6-16(8(2)3)10-9(12)7-14-11(13-4)15-10/h7-8H,5-6H2,1-4H3,(H,13,14,15). The van der Waals surface area contributed by atoms with Crippen LogP contribution in [0.1, 0.15) is 27.2 Å². The topological polar surface area (TPSA) is 41.1 Å². The van der Waals surface area contributed by atoms with Gasteiger partial charge >= 0.3 is 0 Å². The van der Waals surface area contributed by atoms with Gasteiger partial charge in [0.25, 0.3) is 0 Å². The molecular formula is C11H19FN4. The van der Waals surface area contributed by atoms with Crippen LogP contribution in [0.15, 0.2) is 6.20 Å². The Morgan fingerprint density at radius 3 is 2.69 bits per heavy atom. The van der Waals surface area contributed by atoms with Gasteiger partial charge in [-0.3, -0.25) is 0 Å². The zero-order valence-electron chi connectivity index (χ0n) is 10.3. The molecule has 90 valence electrons. The smallest absolute Gasteiger partial charge is 0.224 e. The van der Waals surface area contributed by atoms with E-state index in [0.29, 0.717) is 11.8 Å². The summed E-state index contributed by atoms with van der Waals surface area (Å²) >= 11 is 0. The van der Waals surface area contributed by atoms with Crippen LogP contribution in [-0.2, 0) is 0 Å². The molecule has 0 aliphatic carbocycles. The Labute approximate surface area is 95.9 Å². The number of aromatic nitrogens is 2. The lowest BCUT2D eigenvalue weighted by molar-refractivity contribution is 0.581. The van der Waals surface area contributed by atoms with Gasteiger partial charge < -0.3 is 10.2 Å². The number of hydrogen-bond acceptors (Lipinski definition) is 4. The summed E-state index contributed by atoms with van der Waals surface area (Å²) in [5.74, 6) is 0.440. The van der Waals surface area contributed by atoms with Crippen molar-refractivity contribution in [3.63, 3.8) is 0 Å². The van der Waals surface area contributed by atoms with Crippen LogP contribution in [-0.4, -0.2) is 29.6 Å². The van der Waals surface area contributed by atoms with Gasteiger partial charge in [0.05, 0.1) is 6.20 Å². The summed E-state index contributed by atoms with van der Waals surface area (Å²) in [5.41, 5.74) is 0. The summed E-state index contributed by atoms with van der Waals surface area (Å²) in [6.07, 6.45) is 2.16. The summed E-state index contributed by atoms with van der Waals surface area (Å²) in [6, 6.07) is 0.217. The molecule has 0 fully saturated rings. The van der Waals surface area contributed by atoms with Gasteiger partial charge in [-0.05, 0) is 20.3 Å². The maximum absolute atomic E-state index is 13.6. The number of anilines is 2.